The highest BCUT2D eigenvalue weighted by Crippen LogP contribution is 2.30. The molecule has 0 unspecified atom stereocenters. The average molecular weight is 323 g/mol. The smallest absolute Gasteiger partial charge is 0.130 e. The molecule has 0 bridgehead atoms. The van der Waals surface area contributed by atoms with E-state index in [4.69, 9.17) is 16.9 Å². The van der Waals surface area contributed by atoms with Crippen molar-refractivity contribution in [3.63, 3.8) is 0 Å². The molecule has 0 spiro atoms. The Hall–Kier alpha value is -1.57. The van der Waals surface area contributed by atoms with E-state index in [-0.39, 0.29) is 0 Å². The van der Waals surface area contributed by atoms with E-state index in [9.17, 15) is 0 Å². The Kier molecular flexibility index (Phi) is 3.85. The van der Waals surface area contributed by atoms with Crippen LogP contribution in [0, 0.1) is 18.3 Å². The Balaban J connectivity index is 2.28. The molecule has 5 heteroatoms. The molecule has 0 radical (unpaired) electrons. The largest absolute Gasteiger partial charge is 0.339 e. The van der Waals surface area contributed by atoms with Crippen molar-refractivity contribution in [2.75, 3.05) is 5.32 Å². The number of rotatable bonds is 2. The number of benzene rings is 1. The number of aromatic nitrogens is 1. The maximum atomic E-state index is 8.69. The van der Waals surface area contributed by atoms with Gasteiger partial charge in [-0.25, -0.2) is 4.98 Å². The van der Waals surface area contributed by atoms with Gasteiger partial charge in [-0.1, -0.05) is 11.6 Å². The predicted octanol–water partition coefficient (Wildman–Crippen LogP) is 4.42. The number of hydrogen-bond acceptors (Lipinski definition) is 3. The zero-order valence-electron chi connectivity index (χ0n) is 9.54. The van der Waals surface area contributed by atoms with E-state index >= 15 is 0 Å². The zero-order valence-corrected chi connectivity index (χ0v) is 11.9. The highest BCUT2D eigenvalue weighted by molar-refractivity contribution is 9.10. The highest BCUT2D eigenvalue weighted by atomic mass is 79.9. The number of nitrogens with zero attached hydrogens (tertiary/aromatic N) is 2. The normalized spacial score (nSPS) is 9.89. The predicted molar refractivity (Wildman–Crippen MR) is 76.1 cm³/mol. The van der Waals surface area contributed by atoms with E-state index in [2.05, 4.69) is 26.2 Å². The molecular weight excluding hydrogens is 314 g/mol. The van der Waals surface area contributed by atoms with Crippen molar-refractivity contribution >= 4 is 39.0 Å². The van der Waals surface area contributed by atoms with Crippen LogP contribution in [0.3, 0.4) is 0 Å². The minimum absolute atomic E-state index is 0.529. The summed E-state index contributed by atoms with van der Waals surface area (Å²) in [5.41, 5.74) is 2.37. The van der Waals surface area contributed by atoms with Gasteiger partial charge in [-0.3, -0.25) is 0 Å². The first-order valence-corrected chi connectivity index (χ1v) is 6.36. The first-order valence-electron chi connectivity index (χ1n) is 5.19. The van der Waals surface area contributed by atoms with Gasteiger partial charge in [-0.2, -0.15) is 5.26 Å². The maximum absolute atomic E-state index is 8.69. The van der Waals surface area contributed by atoms with E-state index in [0.717, 1.165) is 15.7 Å². The fourth-order valence-electron chi connectivity index (χ4n) is 1.41. The van der Waals surface area contributed by atoms with Crippen molar-refractivity contribution in [1.29, 1.82) is 5.26 Å². The first-order chi connectivity index (χ1) is 8.60. The van der Waals surface area contributed by atoms with Crippen molar-refractivity contribution in [3.05, 3.63) is 51.1 Å². The van der Waals surface area contributed by atoms with Crippen LogP contribution in [0.5, 0.6) is 0 Å². The summed E-state index contributed by atoms with van der Waals surface area (Å²) in [4.78, 5) is 4.14. The number of pyridine rings is 1. The van der Waals surface area contributed by atoms with Crippen LogP contribution < -0.4 is 5.32 Å². The van der Waals surface area contributed by atoms with Crippen LogP contribution >= 0.6 is 27.5 Å². The fourth-order valence-corrected chi connectivity index (χ4v) is 2.13. The van der Waals surface area contributed by atoms with Crippen molar-refractivity contribution < 1.29 is 0 Å². The minimum Gasteiger partial charge on any atom is -0.339 e. The van der Waals surface area contributed by atoms with E-state index in [1.54, 1.807) is 12.1 Å². The van der Waals surface area contributed by atoms with E-state index in [1.165, 1.54) is 6.20 Å². The maximum Gasteiger partial charge on any atom is 0.130 e. The lowest BCUT2D eigenvalue weighted by Gasteiger charge is -2.09. The molecule has 1 N–H and O–H groups in total. The summed E-state index contributed by atoms with van der Waals surface area (Å²) in [6.45, 7) is 1.94. The van der Waals surface area contributed by atoms with Crippen molar-refractivity contribution in [3.8, 4) is 6.07 Å². The molecule has 0 saturated carbocycles. The van der Waals surface area contributed by atoms with Gasteiger partial charge in [0, 0.05) is 15.7 Å². The third-order valence-corrected chi connectivity index (χ3v) is 3.47. The SMILES string of the molecule is Cc1cc(Br)c(Nc2ccc(C#N)cn2)cc1Cl. The molecule has 1 aromatic heterocycles. The summed E-state index contributed by atoms with van der Waals surface area (Å²) in [5, 5.41) is 12.5. The lowest BCUT2D eigenvalue weighted by Crippen LogP contribution is -1.95. The molecular formula is C13H9BrClN3. The van der Waals surface area contributed by atoms with Crippen molar-refractivity contribution in [2.24, 2.45) is 0 Å². The van der Waals surface area contributed by atoms with Gasteiger partial charge >= 0.3 is 0 Å². The Morgan fingerprint density at radius 1 is 1.39 bits per heavy atom. The van der Waals surface area contributed by atoms with E-state index in [0.29, 0.717) is 16.4 Å². The first kappa shape index (κ1) is 12.9. The van der Waals surface area contributed by atoms with E-state index in [1.807, 2.05) is 25.1 Å². The summed E-state index contributed by atoms with van der Waals surface area (Å²) in [5.74, 6) is 0.662. The Labute approximate surface area is 119 Å². The van der Waals surface area contributed by atoms with E-state index < -0.39 is 0 Å². The number of anilines is 2. The molecule has 0 amide bonds. The third kappa shape index (κ3) is 2.81. The molecule has 0 saturated heterocycles. The van der Waals surface area contributed by atoms with Crippen LogP contribution in [0.15, 0.2) is 34.9 Å². The molecule has 1 heterocycles. The van der Waals surface area contributed by atoms with Crippen LogP contribution in [0.25, 0.3) is 0 Å². The molecule has 2 rings (SSSR count). The second kappa shape index (κ2) is 5.38. The highest BCUT2D eigenvalue weighted by Gasteiger charge is 2.05. The molecule has 0 aliphatic rings. The lowest BCUT2D eigenvalue weighted by atomic mass is 10.2. The van der Waals surface area contributed by atoms with Crippen LogP contribution in [0.1, 0.15) is 11.1 Å². The van der Waals surface area contributed by atoms with Crippen LogP contribution in [-0.2, 0) is 0 Å². The van der Waals surface area contributed by atoms with Crippen LogP contribution in [-0.4, -0.2) is 4.98 Å². The number of nitrogens with one attached hydrogen (secondary N) is 1. The number of nitriles is 1. The standard InChI is InChI=1S/C13H9BrClN3/c1-8-4-10(14)12(5-11(8)15)18-13-3-2-9(6-16)7-17-13/h2-5,7H,1H3,(H,17,18). The van der Waals surface area contributed by atoms with Gasteiger partial charge < -0.3 is 5.32 Å². The average Bonchev–Trinajstić information content (AvgIpc) is 2.37. The second-order valence-electron chi connectivity index (χ2n) is 3.75. The van der Waals surface area contributed by atoms with Gasteiger partial charge in [0.1, 0.15) is 11.9 Å². The Morgan fingerprint density at radius 2 is 2.17 bits per heavy atom. The third-order valence-electron chi connectivity index (χ3n) is 2.40. The van der Waals surface area contributed by atoms with Gasteiger partial charge in [0.2, 0.25) is 0 Å². The van der Waals surface area contributed by atoms with Gasteiger partial charge in [0.25, 0.3) is 0 Å². The summed E-state index contributed by atoms with van der Waals surface area (Å²) >= 11 is 9.54. The van der Waals surface area contributed by atoms with Crippen LogP contribution in [0.2, 0.25) is 5.02 Å². The molecule has 90 valence electrons. The number of aryl methyl sites for hydroxylation is 1. The summed E-state index contributed by atoms with van der Waals surface area (Å²) < 4.78 is 0.913. The van der Waals surface area contributed by atoms with Crippen molar-refractivity contribution in [2.45, 2.75) is 6.92 Å². The molecule has 1 aromatic carbocycles. The van der Waals surface area contributed by atoms with Crippen molar-refractivity contribution in [1.82, 2.24) is 4.98 Å². The molecule has 2 aromatic rings. The fraction of sp³-hybridized carbons (Fsp3) is 0.0769. The monoisotopic (exact) mass is 321 g/mol. The Bertz CT molecular complexity index is 617. The lowest BCUT2D eigenvalue weighted by molar-refractivity contribution is 1.28. The topological polar surface area (TPSA) is 48.7 Å². The quantitative estimate of drug-likeness (QED) is 0.890. The van der Waals surface area contributed by atoms with Gasteiger partial charge in [0.05, 0.1) is 11.3 Å². The second-order valence-corrected chi connectivity index (χ2v) is 5.01. The zero-order chi connectivity index (χ0) is 13.1. The molecule has 0 fully saturated rings. The molecule has 0 atom stereocenters. The molecule has 3 nitrogen and oxygen atoms in total. The number of hydrogen-bond donors (Lipinski definition) is 1. The summed E-state index contributed by atoms with van der Waals surface area (Å²) in [7, 11) is 0. The minimum atomic E-state index is 0.529. The number of halogens is 2. The van der Waals surface area contributed by atoms with Gasteiger partial charge in [0.15, 0.2) is 0 Å². The molecule has 0 aliphatic carbocycles. The van der Waals surface area contributed by atoms with Gasteiger partial charge in [-0.15, -0.1) is 0 Å². The van der Waals surface area contributed by atoms with Gasteiger partial charge in [-0.05, 0) is 52.7 Å². The molecule has 18 heavy (non-hydrogen) atoms. The Morgan fingerprint density at radius 3 is 2.78 bits per heavy atom. The summed E-state index contributed by atoms with van der Waals surface area (Å²) in [6.07, 6.45) is 1.52. The molecule has 0 aliphatic heterocycles. The summed E-state index contributed by atoms with van der Waals surface area (Å²) in [6, 6.07) is 9.25. The van der Waals surface area contributed by atoms with Crippen LogP contribution in [0.4, 0.5) is 11.5 Å².